The molecule has 0 radical (unpaired) electrons. The zero-order valence-electron chi connectivity index (χ0n) is 15.8. The number of carbonyl (C=O) groups excluding carboxylic acids is 1. The van der Waals surface area contributed by atoms with E-state index in [-0.39, 0.29) is 11.7 Å². The lowest BCUT2D eigenvalue weighted by atomic mass is 10.2. The normalized spacial score (nSPS) is 11.2. The van der Waals surface area contributed by atoms with Gasteiger partial charge in [0, 0.05) is 17.6 Å². The molecule has 0 spiro atoms. The van der Waals surface area contributed by atoms with Gasteiger partial charge in [-0.15, -0.1) is 10.2 Å². The van der Waals surface area contributed by atoms with Crippen molar-refractivity contribution in [2.75, 3.05) is 11.1 Å². The Morgan fingerprint density at radius 2 is 1.89 bits per heavy atom. The molecule has 1 amide bonds. The number of aromatic nitrogens is 4. The molecule has 0 unspecified atom stereocenters. The molecule has 0 fully saturated rings. The Kier molecular flexibility index (Phi) is 5.25. The number of rotatable bonds is 6. The first-order chi connectivity index (χ1) is 13.7. The Hall–Kier alpha value is -2.93. The number of hydrogen-bond acceptors (Lipinski definition) is 5. The lowest BCUT2D eigenvalue weighted by Crippen LogP contribution is -2.15. The predicted octanol–water partition coefficient (Wildman–Crippen LogP) is 4.43. The van der Waals surface area contributed by atoms with Crippen molar-refractivity contribution in [2.24, 2.45) is 0 Å². The van der Waals surface area contributed by atoms with Crippen molar-refractivity contribution in [3.05, 3.63) is 54.1 Å². The van der Waals surface area contributed by atoms with Crippen LogP contribution in [0.3, 0.4) is 0 Å². The molecule has 0 aliphatic heterocycles. The van der Waals surface area contributed by atoms with Crippen LogP contribution in [0.5, 0.6) is 0 Å². The molecule has 4 aromatic rings. The minimum Gasteiger partial charge on any atom is -0.325 e. The van der Waals surface area contributed by atoms with Gasteiger partial charge in [-0.05, 0) is 31.0 Å². The van der Waals surface area contributed by atoms with Crippen LogP contribution in [0.15, 0.2) is 53.7 Å². The molecule has 2 heterocycles. The molecular formula is C21H21N5OS. The zero-order valence-corrected chi connectivity index (χ0v) is 16.7. The Bertz CT molecular complexity index is 1150. The molecule has 1 N–H and O–H groups in total. The van der Waals surface area contributed by atoms with Gasteiger partial charge < -0.3 is 9.88 Å². The summed E-state index contributed by atoms with van der Waals surface area (Å²) in [5, 5.41) is 13.1. The van der Waals surface area contributed by atoms with Crippen molar-refractivity contribution >= 4 is 45.4 Å². The summed E-state index contributed by atoms with van der Waals surface area (Å²) in [6.45, 7) is 4.97. The van der Waals surface area contributed by atoms with Crippen LogP contribution in [0, 0.1) is 6.92 Å². The van der Waals surface area contributed by atoms with E-state index in [1.165, 1.54) is 11.8 Å². The van der Waals surface area contributed by atoms with Crippen molar-refractivity contribution in [1.29, 1.82) is 0 Å². The number of amides is 1. The van der Waals surface area contributed by atoms with Crippen LogP contribution in [0.4, 0.5) is 5.69 Å². The van der Waals surface area contributed by atoms with Crippen LogP contribution >= 0.6 is 11.8 Å². The van der Waals surface area contributed by atoms with Crippen LogP contribution in [0.25, 0.3) is 22.1 Å². The topological polar surface area (TPSA) is 72.7 Å². The molecule has 0 aliphatic rings. The molecule has 28 heavy (non-hydrogen) atoms. The highest BCUT2D eigenvalue weighted by molar-refractivity contribution is 7.99. The second-order valence-corrected chi connectivity index (χ2v) is 7.53. The quantitative estimate of drug-likeness (QED) is 0.492. The number of aryl methyl sites for hydroxylation is 2. The van der Waals surface area contributed by atoms with Crippen molar-refractivity contribution in [3.8, 4) is 0 Å². The van der Waals surface area contributed by atoms with E-state index in [1.807, 2.05) is 49.4 Å². The number of carbonyl (C=O) groups is 1. The van der Waals surface area contributed by atoms with Gasteiger partial charge in [-0.1, -0.05) is 55.1 Å². The average Bonchev–Trinajstić information content (AvgIpc) is 3.02. The van der Waals surface area contributed by atoms with Crippen LogP contribution in [0.1, 0.15) is 18.9 Å². The zero-order chi connectivity index (χ0) is 19.5. The summed E-state index contributed by atoms with van der Waals surface area (Å²) in [6, 6.07) is 15.9. The maximum atomic E-state index is 12.3. The summed E-state index contributed by atoms with van der Waals surface area (Å²) in [5.74, 6) is 0.146. The fraction of sp³-hybridized carbons (Fsp3) is 0.238. The Labute approximate surface area is 167 Å². The van der Waals surface area contributed by atoms with Crippen molar-refractivity contribution in [2.45, 2.75) is 32.0 Å². The highest BCUT2D eigenvalue weighted by atomic mass is 32.2. The minimum absolute atomic E-state index is 0.0860. The van der Waals surface area contributed by atoms with E-state index in [4.69, 9.17) is 4.98 Å². The van der Waals surface area contributed by atoms with Gasteiger partial charge in [0.25, 0.3) is 0 Å². The van der Waals surface area contributed by atoms with E-state index < -0.39 is 0 Å². The lowest BCUT2D eigenvalue weighted by molar-refractivity contribution is -0.113. The van der Waals surface area contributed by atoms with Gasteiger partial charge in [-0.2, -0.15) is 0 Å². The number of nitrogens with one attached hydrogen (secondary N) is 1. The molecule has 0 saturated heterocycles. The highest BCUT2D eigenvalue weighted by Gasteiger charge is 2.15. The first kappa shape index (κ1) is 18.4. The third-order valence-corrected chi connectivity index (χ3v) is 5.39. The van der Waals surface area contributed by atoms with Gasteiger partial charge in [0.1, 0.15) is 5.52 Å². The molecule has 7 heteroatoms. The van der Waals surface area contributed by atoms with Gasteiger partial charge in [-0.3, -0.25) is 4.79 Å². The molecular weight excluding hydrogens is 370 g/mol. The van der Waals surface area contributed by atoms with Gasteiger partial charge in [0.05, 0.1) is 11.3 Å². The largest absolute Gasteiger partial charge is 0.325 e. The van der Waals surface area contributed by atoms with E-state index in [0.29, 0.717) is 5.16 Å². The van der Waals surface area contributed by atoms with Crippen LogP contribution in [0.2, 0.25) is 0 Å². The smallest absolute Gasteiger partial charge is 0.234 e. The summed E-state index contributed by atoms with van der Waals surface area (Å²) in [6.07, 6.45) is 0.999. The molecule has 0 saturated carbocycles. The van der Waals surface area contributed by atoms with Crippen molar-refractivity contribution < 1.29 is 4.79 Å². The van der Waals surface area contributed by atoms with Crippen molar-refractivity contribution in [1.82, 2.24) is 19.7 Å². The molecule has 4 rings (SSSR count). The number of anilines is 1. The second kappa shape index (κ2) is 7.98. The SMILES string of the molecule is CCCn1c2ccccc2c2nnc(SCC(=O)Nc3ccccc3C)nc21. The number of benzene rings is 2. The summed E-state index contributed by atoms with van der Waals surface area (Å²) < 4.78 is 2.18. The number of para-hydroxylation sites is 2. The first-order valence-electron chi connectivity index (χ1n) is 9.27. The molecule has 0 atom stereocenters. The third kappa shape index (κ3) is 3.57. The Balaban J connectivity index is 1.56. The first-order valence-corrected chi connectivity index (χ1v) is 10.3. The maximum absolute atomic E-state index is 12.3. The van der Waals surface area contributed by atoms with Gasteiger partial charge >= 0.3 is 0 Å². The van der Waals surface area contributed by atoms with Gasteiger partial charge in [0.2, 0.25) is 11.1 Å². The minimum atomic E-state index is -0.0860. The van der Waals surface area contributed by atoms with Crippen LogP contribution < -0.4 is 5.32 Å². The summed E-state index contributed by atoms with van der Waals surface area (Å²) in [5.41, 5.74) is 4.59. The lowest BCUT2D eigenvalue weighted by Gasteiger charge is -2.07. The molecule has 2 aromatic heterocycles. The third-order valence-electron chi connectivity index (χ3n) is 4.55. The standard InChI is InChI=1S/C21H21N5OS/c1-3-12-26-17-11-7-5-9-15(17)19-20(26)23-21(25-24-19)28-13-18(27)22-16-10-6-4-8-14(16)2/h4-11H,3,12-13H2,1-2H3,(H,22,27). The maximum Gasteiger partial charge on any atom is 0.234 e. The van der Waals surface area contributed by atoms with Gasteiger partial charge in [-0.25, -0.2) is 4.98 Å². The van der Waals surface area contributed by atoms with E-state index in [2.05, 4.69) is 33.1 Å². The molecule has 142 valence electrons. The second-order valence-electron chi connectivity index (χ2n) is 6.59. The number of fused-ring (bicyclic) bond motifs is 3. The Morgan fingerprint density at radius 3 is 2.71 bits per heavy atom. The monoisotopic (exact) mass is 391 g/mol. The fourth-order valence-electron chi connectivity index (χ4n) is 3.23. The van der Waals surface area contributed by atoms with Crippen molar-refractivity contribution in [3.63, 3.8) is 0 Å². The highest BCUT2D eigenvalue weighted by Crippen LogP contribution is 2.27. The van der Waals surface area contributed by atoms with Gasteiger partial charge in [0.15, 0.2) is 5.65 Å². The average molecular weight is 392 g/mol. The predicted molar refractivity (Wildman–Crippen MR) is 114 cm³/mol. The number of hydrogen-bond donors (Lipinski definition) is 1. The number of thioether (sulfide) groups is 1. The molecule has 0 bridgehead atoms. The molecule has 0 aliphatic carbocycles. The summed E-state index contributed by atoms with van der Waals surface area (Å²) >= 11 is 1.30. The summed E-state index contributed by atoms with van der Waals surface area (Å²) in [4.78, 5) is 17.0. The fourth-order valence-corrected chi connectivity index (χ4v) is 3.81. The number of nitrogens with zero attached hydrogens (tertiary/aromatic N) is 4. The molecule has 6 nitrogen and oxygen atoms in total. The summed E-state index contributed by atoms with van der Waals surface area (Å²) in [7, 11) is 0. The van der Waals surface area contributed by atoms with E-state index in [9.17, 15) is 4.79 Å². The Morgan fingerprint density at radius 1 is 1.11 bits per heavy atom. The van der Waals surface area contributed by atoms with E-state index in [1.54, 1.807) is 0 Å². The van der Waals surface area contributed by atoms with Crippen LogP contribution in [-0.2, 0) is 11.3 Å². The van der Waals surface area contributed by atoms with Crippen LogP contribution in [-0.4, -0.2) is 31.4 Å². The van der Waals surface area contributed by atoms with E-state index >= 15 is 0 Å². The van der Waals surface area contributed by atoms with E-state index in [0.717, 1.165) is 46.3 Å². The molecule has 2 aromatic carbocycles.